The minimum atomic E-state index is -4.15. The van der Waals surface area contributed by atoms with Gasteiger partial charge >= 0.3 is 0 Å². The minimum Gasteiger partial charge on any atom is -0.374 e. The molecule has 1 amide bonds. The lowest BCUT2D eigenvalue weighted by molar-refractivity contribution is -0.126. The average Bonchev–Trinajstić information content (AvgIpc) is 2.80. The summed E-state index contributed by atoms with van der Waals surface area (Å²) in [4.78, 5) is 11.7. The molecule has 1 aliphatic heterocycles. The lowest BCUT2D eigenvalue weighted by Crippen LogP contribution is -2.43. The van der Waals surface area contributed by atoms with Crippen molar-refractivity contribution in [3.05, 3.63) is 65.7 Å². The van der Waals surface area contributed by atoms with Crippen LogP contribution in [0.15, 0.2) is 53.4 Å². The number of hydrogen-bond acceptors (Lipinski definition) is 4. The number of carbonyl (C=O) groups excluding carboxylic acids is 1. The van der Waals surface area contributed by atoms with E-state index in [0.717, 1.165) is 22.0 Å². The van der Waals surface area contributed by atoms with E-state index in [4.69, 9.17) is 4.74 Å². The van der Waals surface area contributed by atoms with Crippen LogP contribution >= 0.6 is 0 Å². The number of rotatable bonds is 9. The quantitative estimate of drug-likeness (QED) is 0.573. The molecule has 1 unspecified atom stereocenters. The number of nitrogens with zero attached hydrogens (tertiary/aromatic N) is 1. The molecule has 2 aromatic rings. The van der Waals surface area contributed by atoms with E-state index in [1.54, 1.807) is 0 Å². The highest BCUT2D eigenvalue weighted by Crippen LogP contribution is 2.26. The van der Waals surface area contributed by atoms with Gasteiger partial charge in [-0.3, -0.25) is 4.79 Å². The fraction of sp³-hybridized carbons (Fsp3) is 0.435. The Bertz CT molecular complexity index is 1010. The van der Waals surface area contributed by atoms with Gasteiger partial charge in [-0.05, 0) is 49.9 Å². The van der Waals surface area contributed by atoms with Crippen molar-refractivity contribution in [3.63, 3.8) is 0 Å². The Hall–Kier alpha value is -2.36. The fourth-order valence-corrected chi connectivity index (χ4v) is 5.23. The van der Waals surface area contributed by atoms with Gasteiger partial charge in [0.2, 0.25) is 15.9 Å². The smallest absolute Gasteiger partial charge is 0.246 e. The van der Waals surface area contributed by atoms with Gasteiger partial charge < -0.3 is 10.1 Å². The van der Waals surface area contributed by atoms with Crippen LogP contribution in [-0.2, 0) is 19.6 Å². The SMILES string of the molecule is CC(OCCCNC(=O)C1CCN(S(=O)(=O)c2cc(F)ccc2F)CC1)c1ccccc1. The lowest BCUT2D eigenvalue weighted by Gasteiger charge is -2.30. The first-order valence-corrected chi connectivity index (χ1v) is 12.1. The van der Waals surface area contributed by atoms with E-state index in [0.29, 0.717) is 38.5 Å². The van der Waals surface area contributed by atoms with Crippen molar-refractivity contribution < 1.29 is 26.7 Å². The molecule has 0 aromatic heterocycles. The Morgan fingerprint density at radius 1 is 1.16 bits per heavy atom. The largest absolute Gasteiger partial charge is 0.374 e. The number of halogens is 2. The van der Waals surface area contributed by atoms with Crippen LogP contribution in [0, 0.1) is 17.6 Å². The summed E-state index contributed by atoms with van der Waals surface area (Å²) in [5.74, 6) is -2.26. The molecule has 1 fully saturated rings. The molecule has 0 bridgehead atoms. The van der Waals surface area contributed by atoms with Crippen molar-refractivity contribution >= 4 is 15.9 Å². The van der Waals surface area contributed by atoms with Crippen molar-refractivity contribution in [1.82, 2.24) is 9.62 Å². The lowest BCUT2D eigenvalue weighted by atomic mass is 9.97. The standard InChI is InChI=1S/C23H28F2N2O4S/c1-17(18-6-3-2-4-7-18)31-15-5-12-26-23(28)19-10-13-27(14-11-19)32(29,30)22-16-20(24)8-9-21(22)25/h2-4,6-9,16-17,19H,5,10-15H2,1H3,(H,26,28). The second-order valence-electron chi connectivity index (χ2n) is 7.82. The number of sulfonamides is 1. The number of hydrogen-bond donors (Lipinski definition) is 1. The van der Waals surface area contributed by atoms with E-state index < -0.39 is 26.6 Å². The molecule has 1 aliphatic rings. The third-order valence-corrected chi connectivity index (χ3v) is 7.51. The molecule has 0 radical (unpaired) electrons. The van der Waals surface area contributed by atoms with Crippen LogP contribution in [0.3, 0.4) is 0 Å². The summed E-state index contributed by atoms with van der Waals surface area (Å²) in [6.07, 6.45) is 1.28. The van der Waals surface area contributed by atoms with Crippen LogP contribution < -0.4 is 5.32 Å². The molecule has 0 saturated carbocycles. The summed E-state index contributed by atoms with van der Waals surface area (Å²) < 4.78 is 59.5. The van der Waals surface area contributed by atoms with Crippen LogP contribution in [-0.4, -0.2) is 44.9 Å². The monoisotopic (exact) mass is 466 g/mol. The maximum atomic E-state index is 13.9. The van der Waals surface area contributed by atoms with Gasteiger partial charge in [-0.1, -0.05) is 30.3 Å². The third kappa shape index (κ3) is 6.11. The van der Waals surface area contributed by atoms with Gasteiger partial charge in [0.15, 0.2) is 0 Å². The van der Waals surface area contributed by atoms with Crippen molar-refractivity contribution in [2.24, 2.45) is 5.92 Å². The maximum Gasteiger partial charge on any atom is 0.246 e. The van der Waals surface area contributed by atoms with Crippen LogP contribution in [0.2, 0.25) is 0 Å². The van der Waals surface area contributed by atoms with Crippen LogP contribution in [0.25, 0.3) is 0 Å². The number of ether oxygens (including phenoxy) is 1. The third-order valence-electron chi connectivity index (χ3n) is 5.59. The zero-order valence-corrected chi connectivity index (χ0v) is 18.8. The number of nitrogens with one attached hydrogen (secondary N) is 1. The van der Waals surface area contributed by atoms with Gasteiger partial charge in [-0.15, -0.1) is 0 Å². The number of piperidine rings is 1. The predicted octanol–water partition coefficient (Wildman–Crippen LogP) is 3.65. The highest BCUT2D eigenvalue weighted by molar-refractivity contribution is 7.89. The molecule has 32 heavy (non-hydrogen) atoms. The normalized spacial score (nSPS) is 16.6. The van der Waals surface area contributed by atoms with E-state index in [9.17, 15) is 22.0 Å². The average molecular weight is 467 g/mol. The van der Waals surface area contributed by atoms with E-state index >= 15 is 0 Å². The zero-order valence-electron chi connectivity index (χ0n) is 18.0. The van der Waals surface area contributed by atoms with E-state index in [2.05, 4.69) is 5.32 Å². The molecular formula is C23H28F2N2O4S. The first-order valence-electron chi connectivity index (χ1n) is 10.7. The highest BCUT2D eigenvalue weighted by atomic mass is 32.2. The van der Waals surface area contributed by atoms with Gasteiger partial charge in [0.05, 0.1) is 6.10 Å². The van der Waals surface area contributed by atoms with Crippen LogP contribution in [0.4, 0.5) is 8.78 Å². The summed E-state index contributed by atoms with van der Waals surface area (Å²) in [5.41, 5.74) is 1.09. The second kappa shape index (κ2) is 11.0. The van der Waals surface area contributed by atoms with Gasteiger partial charge in [0.1, 0.15) is 16.5 Å². The van der Waals surface area contributed by atoms with Crippen molar-refractivity contribution in [2.75, 3.05) is 26.2 Å². The molecule has 9 heteroatoms. The molecule has 2 aromatic carbocycles. The van der Waals surface area contributed by atoms with Gasteiger partial charge in [0, 0.05) is 32.2 Å². The molecule has 1 heterocycles. The van der Waals surface area contributed by atoms with E-state index in [1.807, 2.05) is 37.3 Å². The Kier molecular flexibility index (Phi) is 8.33. The summed E-state index contributed by atoms with van der Waals surface area (Å²) in [7, 11) is -4.15. The molecule has 1 N–H and O–H groups in total. The molecule has 1 atom stereocenters. The molecular weight excluding hydrogens is 438 g/mol. The number of carbonyl (C=O) groups is 1. The van der Waals surface area contributed by atoms with Gasteiger partial charge in [0.25, 0.3) is 0 Å². The first kappa shape index (κ1) is 24.3. The molecule has 0 spiro atoms. The number of benzene rings is 2. The number of amides is 1. The van der Waals surface area contributed by atoms with E-state index in [-0.39, 0.29) is 31.0 Å². The molecule has 6 nitrogen and oxygen atoms in total. The Morgan fingerprint density at radius 3 is 2.53 bits per heavy atom. The van der Waals surface area contributed by atoms with Crippen LogP contribution in [0.5, 0.6) is 0 Å². The van der Waals surface area contributed by atoms with Gasteiger partial charge in [-0.25, -0.2) is 17.2 Å². The van der Waals surface area contributed by atoms with E-state index in [1.165, 1.54) is 0 Å². The molecule has 174 valence electrons. The highest BCUT2D eigenvalue weighted by Gasteiger charge is 2.33. The Balaban J connectivity index is 1.40. The fourth-order valence-electron chi connectivity index (χ4n) is 3.68. The summed E-state index contributed by atoms with van der Waals surface area (Å²) in [6, 6.07) is 12.2. The molecule has 0 aliphatic carbocycles. The van der Waals surface area contributed by atoms with Gasteiger partial charge in [-0.2, -0.15) is 4.31 Å². The molecule has 1 saturated heterocycles. The Morgan fingerprint density at radius 2 is 1.84 bits per heavy atom. The molecule has 3 rings (SSSR count). The first-order chi connectivity index (χ1) is 15.3. The second-order valence-corrected chi connectivity index (χ2v) is 9.73. The van der Waals surface area contributed by atoms with Crippen molar-refractivity contribution in [2.45, 2.75) is 37.2 Å². The summed E-state index contributed by atoms with van der Waals surface area (Å²) >= 11 is 0. The summed E-state index contributed by atoms with van der Waals surface area (Å²) in [5, 5.41) is 2.87. The minimum absolute atomic E-state index is 0.0268. The Labute approximate surface area is 187 Å². The van der Waals surface area contributed by atoms with Crippen LogP contribution in [0.1, 0.15) is 37.9 Å². The van der Waals surface area contributed by atoms with Crippen molar-refractivity contribution in [1.29, 1.82) is 0 Å². The zero-order chi connectivity index (χ0) is 23.1. The topological polar surface area (TPSA) is 75.7 Å². The summed E-state index contributed by atoms with van der Waals surface area (Å²) in [6.45, 7) is 3.10. The predicted molar refractivity (Wildman–Crippen MR) is 116 cm³/mol. The maximum absolute atomic E-state index is 13.9. The van der Waals surface area contributed by atoms with Crippen molar-refractivity contribution in [3.8, 4) is 0 Å².